The highest BCUT2D eigenvalue weighted by Crippen LogP contribution is 2.28. The minimum absolute atomic E-state index is 0.0977. The molecule has 1 N–H and O–H groups in total. The molecule has 0 unspecified atom stereocenters. The van der Waals surface area contributed by atoms with Gasteiger partial charge in [0.1, 0.15) is 11.6 Å². The molecule has 0 aliphatic carbocycles. The van der Waals surface area contributed by atoms with Crippen molar-refractivity contribution in [3.63, 3.8) is 0 Å². The minimum Gasteiger partial charge on any atom is -0.381 e. The second kappa shape index (κ2) is 11.2. The fourth-order valence-electron chi connectivity index (χ4n) is 4.59. The van der Waals surface area contributed by atoms with E-state index >= 15 is 0 Å². The summed E-state index contributed by atoms with van der Waals surface area (Å²) in [6.45, 7) is 7.67. The number of carbonyl (C=O) groups is 1. The van der Waals surface area contributed by atoms with Crippen LogP contribution < -0.4 is 5.32 Å². The zero-order chi connectivity index (χ0) is 22.3. The highest BCUT2D eigenvalue weighted by molar-refractivity contribution is 6.33. The number of hydrogen-bond acceptors (Lipinski definition) is 6. The summed E-state index contributed by atoms with van der Waals surface area (Å²) < 4.78 is 5.44. The van der Waals surface area contributed by atoms with Crippen LogP contribution in [-0.2, 0) is 16.0 Å². The van der Waals surface area contributed by atoms with E-state index in [9.17, 15) is 4.79 Å². The van der Waals surface area contributed by atoms with Crippen LogP contribution in [0, 0.1) is 11.8 Å². The average Bonchev–Trinajstić information content (AvgIpc) is 2.84. The quantitative estimate of drug-likeness (QED) is 0.631. The van der Waals surface area contributed by atoms with Gasteiger partial charge in [-0.2, -0.15) is 0 Å². The van der Waals surface area contributed by atoms with Gasteiger partial charge in [0.25, 0.3) is 0 Å². The van der Waals surface area contributed by atoms with E-state index in [0.29, 0.717) is 17.4 Å². The molecule has 1 atom stereocenters. The minimum atomic E-state index is 0.0977. The summed E-state index contributed by atoms with van der Waals surface area (Å²) >= 11 is 6.48. The Morgan fingerprint density at radius 2 is 2.12 bits per heavy atom. The molecule has 0 spiro atoms. The van der Waals surface area contributed by atoms with Gasteiger partial charge in [-0.15, -0.1) is 0 Å². The number of anilines is 1. The molecule has 0 radical (unpaired) electrons. The maximum absolute atomic E-state index is 12.9. The lowest BCUT2D eigenvalue weighted by molar-refractivity contribution is -0.123. The molecule has 2 aromatic rings. The number of nitrogens with one attached hydrogen (secondary N) is 1. The van der Waals surface area contributed by atoms with Crippen LogP contribution in [-0.4, -0.2) is 60.0 Å². The third kappa shape index (κ3) is 6.06. The molecule has 0 aromatic carbocycles. The van der Waals surface area contributed by atoms with Gasteiger partial charge in [-0.1, -0.05) is 24.6 Å². The van der Waals surface area contributed by atoms with E-state index in [-0.39, 0.29) is 11.7 Å². The molecule has 0 saturated carbocycles. The van der Waals surface area contributed by atoms with Crippen molar-refractivity contribution in [1.82, 2.24) is 14.9 Å². The summed E-state index contributed by atoms with van der Waals surface area (Å²) in [6, 6.07) is 7.83. The number of pyridine rings is 2. The topological polar surface area (TPSA) is 67.4 Å². The standard InChI is InChI=1S/C25H33ClN4O2/c1-2-30-10-4-5-19(17-30)24(31)14-20-13-21(22(26)16-27-20)23-6-3-7-25(29-23)28-15-18-8-11-32-12-9-18/h3,6-7,13,16,18-19H,2,4-5,8-12,14-15,17H2,1H3,(H,28,29)/t19-/m1/s1. The second-order valence-electron chi connectivity index (χ2n) is 8.88. The van der Waals surface area contributed by atoms with Gasteiger partial charge in [0.15, 0.2) is 0 Å². The number of ether oxygens (including phenoxy) is 1. The molecule has 6 nitrogen and oxygen atoms in total. The highest BCUT2D eigenvalue weighted by atomic mass is 35.5. The van der Waals surface area contributed by atoms with Crippen LogP contribution in [0.15, 0.2) is 30.5 Å². The number of hydrogen-bond donors (Lipinski definition) is 1. The molecule has 7 heteroatoms. The first-order chi connectivity index (χ1) is 15.6. The first kappa shape index (κ1) is 23.1. The third-order valence-electron chi connectivity index (χ3n) is 6.61. The Kier molecular flexibility index (Phi) is 8.11. The van der Waals surface area contributed by atoms with E-state index in [4.69, 9.17) is 21.3 Å². The van der Waals surface area contributed by atoms with Gasteiger partial charge >= 0.3 is 0 Å². The summed E-state index contributed by atoms with van der Waals surface area (Å²) in [5.41, 5.74) is 2.36. The number of rotatable bonds is 8. The van der Waals surface area contributed by atoms with E-state index in [1.807, 2.05) is 24.3 Å². The SMILES string of the molecule is CCN1CCC[C@@H](C(=O)Cc2cc(-c3cccc(NCC4CCOCC4)n3)c(Cl)cn2)C1. The number of carbonyl (C=O) groups excluding carboxylic acids is 1. The van der Waals surface area contributed by atoms with Crippen molar-refractivity contribution in [3.05, 3.63) is 41.2 Å². The molecule has 32 heavy (non-hydrogen) atoms. The van der Waals surface area contributed by atoms with Gasteiger partial charge in [0, 0.05) is 56.1 Å². The first-order valence-electron chi connectivity index (χ1n) is 11.8. The molecule has 2 fully saturated rings. The molecular weight excluding hydrogens is 424 g/mol. The number of nitrogens with zero attached hydrogens (tertiary/aromatic N) is 3. The Labute approximate surface area is 195 Å². The van der Waals surface area contributed by atoms with Crippen LogP contribution in [0.5, 0.6) is 0 Å². The predicted octanol–water partition coefficient (Wildman–Crippen LogP) is 4.48. The zero-order valence-corrected chi connectivity index (χ0v) is 19.6. The third-order valence-corrected chi connectivity index (χ3v) is 6.91. The van der Waals surface area contributed by atoms with Gasteiger partial charge in [-0.25, -0.2) is 4.98 Å². The van der Waals surface area contributed by atoms with Gasteiger partial charge in [0.2, 0.25) is 0 Å². The Morgan fingerprint density at radius 1 is 1.28 bits per heavy atom. The fraction of sp³-hybridized carbons (Fsp3) is 0.560. The van der Waals surface area contributed by atoms with Crippen molar-refractivity contribution in [1.29, 1.82) is 0 Å². The summed E-state index contributed by atoms with van der Waals surface area (Å²) in [7, 11) is 0. The number of ketones is 1. The molecule has 2 aliphatic rings. The summed E-state index contributed by atoms with van der Waals surface area (Å²) in [6.07, 6.45) is 6.20. The van der Waals surface area contributed by atoms with Gasteiger partial charge < -0.3 is 15.0 Å². The van der Waals surface area contributed by atoms with E-state index in [1.165, 1.54) is 0 Å². The molecule has 172 valence electrons. The van der Waals surface area contributed by atoms with Gasteiger partial charge in [-0.05, 0) is 62.9 Å². The smallest absolute Gasteiger partial charge is 0.143 e. The maximum Gasteiger partial charge on any atom is 0.143 e. The molecule has 0 amide bonds. The largest absolute Gasteiger partial charge is 0.381 e. The Morgan fingerprint density at radius 3 is 2.94 bits per heavy atom. The van der Waals surface area contributed by atoms with Crippen molar-refractivity contribution in [2.45, 2.75) is 39.0 Å². The fourth-order valence-corrected chi connectivity index (χ4v) is 4.79. The number of halogens is 1. The monoisotopic (exact) mass is 456 g/mol. The molecular formula is C25H33ClN4O2. The van der Waals surface area contributed by atoms with E-state index in [0.717, 1.165) is 87.8 Å². The average molecular weight is 457 g/mol. The Balaban J connectivity index is 1.43. The van der Waals surface area contributed by atoms with Crippen LogP contribution in [0.4, 0.5) is 5.82 Å². The van der Waals surface area contributed by atoms with Crippen molar-refractivity contribution >= 4 is 23.2 Å². The number of piperidine rings is 1. The van der Waals surface area contributed by atoms with Crippen molar-refractivity contribution in [2.75, 3.05) is 44.7 Å². The second-order valence-corrected chi connectivity index (χ2v) is 9.28. The molecule has 2 aliphatic heterocycles. The van der Waals surface area contributed by atoms with E-state index in [2.05, 4.69) is 22.1 Å². The molecule has 2 saturated heterocycles. The van der Waals surface area contributed by atoms with Gasteiger partial charge in [0.05, 0.1) is 10.7 Å². The van der Waals surface area contributed by atoms with Crippen LogP contribution >= 0.6 is 11.6 Å². The van der Waals surface area contributed by atoms with E-state index in [1.54, 1.807) is 6.20 Å². The summed E-state index contributed by atoms with van der Waals surface area (Å²) in [5.74, 6) is 1.81. The molecule has 4 rings (SSSR count). The van der Waals surface area contributed by atoms with Crippen molar-refractivity contribution < 1.29 is 9.53 Å². The van der Waals surface area contributed by atoms with Crippen LogP contribution in [0.25, 0.3) is 11.3 Å². The van der Waals surface area contributed by atoms with Crippen LogP contribution in [0.1, 0.15) is 38.3 Å². The molecule has 0 bridgehead atoms. The lowest BCUT2D eigenvalue weighted by Gasteiger charge is -2.30. The summed E-state index contributed by atoms with van der Waals surface area (Å²) in [4.78, 5) is 24.5. The Bertz CT molecular complexity index is 917. The normalized spacial score (nSPS) is 20.2. The van der Waals surface area contributed by atoms with Crippen LogP contribution in [0.3, 0.4) is 0 Å². The first-order valence-corrected chi connectivity index (χ1v) is 12.2. The lowest BCUT2D eigenvalue weighted by Crippen LogP contribution is -2.39. The summed E-state index contributed by atoms with van der Waals surface area (Å²) in [5, 5.41) is 4.01. The highest BCUT2D eigenvalue weighted by Gasteiger charge is 2.25. The van der Waals surface area contributed by atoms with Crippen LogP contribution in [0.2, 0.25) is 5.02 Å². The molecule has 4 heterocycles. The zero-order valence-electron chi connectivity index (χ0n) is 18.9. The maximum atomic E-state index is 12.9. The van der Waals surface area contributed by atoms with Crippen molar-refractivity contribution in [2.24, 2.45) is 11.8 Å². The van der Waals surface area contributed by atoms with Gasteiger partial charge in [-0.3, -0.25) is 9.78 Å². The number of aromatic nitrogens is 2. The predicted molar refractivity (Wildman–Crippen MR) is 128 cm³/mol. The lowest BCUT2D eigenvalue weighted by atomic mass is 9.91. The molecule has 2 aromatic heterocycles. The number of Topliss-reactive ketones (excluding diaryl/α,β-unsaturated/α-hetero) is 1. The number of likely N-dealkylation sites (tertiary alicyclic amines) is 1. The Hall–Kier alpha value is -2.02. The van der Waals surface area contributed by atoms with E-state index < -0.39 is 0 Å². The van der Waals surface area contributed by atoms with Crippen molar-refractivity contribution in [3.8, 4) is 11.3 Å².